The van der Waals surface area contributed by atoms with Crippen LogP contribution in [0.5, 0.6) is 0 Å². The Bertz CT molecular complexity index is 716. The molecule has 128 valence electrons. The molecule has 2 aromatic rings. The number of methoxy groups -OCH3 is 1. The third-order valence-electron chi connectivity index (χ3n) is 4.60. The van der Waals surface area contributed by atoms with E-state index in [1.165, 1.54) is 4.90 Å². The molecule has 1 amide bonds. The second kappa shape index (κ2) is 6.70. The number of hydrogen-bond acceptors (Lipinski definition) is 5. The molecule has 7 nitrogen and oxygen atoms in total. The number of aromatic nitrogens is 3. The molecule has 1 fully saturated rings. The number of ether oxygens (including phenoxy) is 1. The highest BCUT2D eigenvalue weighted by atomic mass is 16.5. The van der Waals surface area contributed by atoms with Crippen molar-refractivity contribution in [3.05, 3.63) is 42.0 Å². The lowest BCUT2D eigenvalue weighted by Gasteiger charge is -2.27. The first-order valence-corrected chi connectivity index (χ1v) is 8.00. The van der Waals surface area contributed by atoms with Gasteiger partial charge in [0.2, 0.25) is 5.82 Å². The van der Waals surface area contributed by atoms with Gasteiger partial charge in [0, 0.05) is 14.2 Å². The van der Waals surface area contributed by atoms with Gasteiger partial charge in [0.1, 0.15) is 11.9 Å². The number of aliphatic hydroxyl groups is 1. The summed E-state index contributed by atoms with van der Waals surface area (Å²) in [6, 6.07) is 9.26. The number of carbonyl (C=O) groups excluding carboxylic acids is 1. The summed E-state index contributed by atoms with van der Waals surface area (Å²) in [7, 11) is 3.25. The van der Waals surface area contributed by atoms with Gasteiger partial charge in [-0.3, -0.25) is 4.79 Å². The molecule has 1 aromatic heterocycles. The summed E-state index contributed by atoms with van der Waals surface area (Å²) in [5, 5.41) is 14.6. The van der Waals surface area contributed by atoms with Crippen LogP contribution in [0.15, 0.2) is 30.3 Å². The van der Waals surface area contributed by atoms with Crippen LogP contribution in [0.3, 0.4) is 0 Å². The van der Waals surface area contributed by atoms with Crippen LogP contribution in [0.1, 0.15) is 29.3 Å². The fourth-order valence-corrected chi connectivity index (χ4v) is 3.21. The van der Waals surface area contributed by atoms with E-state index in [0.717, 1.165) is 12.1 Å². The lowest BCUT2D eigenvalue weighted by Crippen LogP contribution is -2.45. The standard InChI is InChI=1S/C17H22N4O3/c1-11-18-16(19-21(11)12-7-5-4-6-8-12)17(23)20(2)13-9-10-14(24-3)15(13)22/h4-8,13-15,22H,9-10H2,1-3H3/t13-,14-,15-/m1/s1. The third-order valence-corrected chi connectivity index (χ3v) is 4.60. The molecule has 1 N–H and O–H groups in total. The van der Waals surface area contributed by atoms with Gasteiger partial charge in [0.15, 0.2) is 0 Å². The van der Waals surface area contributed by atoms with Crippen LogP contribution >= 0.6 is 0 Å². The van der Waals surface area contributed by atoms with E-state index >= 15 is 0 Å². The van der Waals surface area contributed by atoms with Crippen molar-refractivity contribution in [2.45, 2.75) is 38.0 Å². The summed E-state index contributed by atoms with van der Waals surface area (Å²) in [6.07, 6.45) is 0.494. The Morgan fingerprint density at radius 2 is 2.04 bits per heavy atom. The molecule has 1 saturated carbocycles. The lowest BCUT2D eigenvalue weighted by atomic mass is 10.1. The normalized spacial score (nSPS) is 23.4. The van der Waals surface area contributed by atoms with Gasteiger partial charge in [-0.1, -0.05) is 18.2 Å². The van der Waals surface area contributed by atoms with Gasteiger partial charge < -0.3 is 14.7 Å². The van der Waals surface area contributed by atoms with E-state index in [0.29, 0.717) is 12.2 Å². The number of nitrogens with zero attached hydrogens (tertiary/aromatic N) is 4. The molecule has 0 radical (unpaired) electrons. The minimum Gasteiger partial charge on any atom is -0.388 e. The van der Waals surface area contributed by atoms with Crippen LogP contribution in [0, 0.1) is 6.92 Å². The zero-order chi connectivity index (χ0) is 17.3. The van der Waals surface area contributed by atoms with Crippen molar-refractivity contribution in [1.29, 1.82) is 0 Å². The van der Waals surface area contributed by atoms with E-state index in [1.807, 2.05) is 37.3 Å². The Morgan fingerprint density at radius 1 is 1.33 bits per heavy atom. The predicted molar refractivity (Wildman–Crippen MR) is 88.0 cm³/mol. The molecule has 1 aliphatic rings. The summed E-state index contributed by atoms with van der Waals surface area (Å²) >= 11 is 0. The molecule has 1 aliphatic carbocycles. The highest BCUT2D eigenvalue weighted by Crippen LogP contribution is 2.26. The maximum Gasteiger partial charge on any atom is 0.293 e. The Labute approximate surface area is 140 Å². The molecule has 0 unspecified atom stereocenters. The van der Waals surface area contributed by atoms with E-state index < -0.39 is 6.10 Å². The first-order chi connectivity index (χ1) is 11.5. The average Bonchev–Trinajstić information content (AvgIpc) is 3.17. The number of benzene rings is 1. The summed E-state index contributed by atoms with van der Waals surface area (Å²) in [5.41, 5.74) is 0.851. The zero-order valence-corrected chi connectivity index (χ0v) is 14.1. The van der Waals surface area contributed by atoms with E-state index in [1.54, 1.807) is 18.8 Å². The fraction of sp³-hybridized carbons (Fsp3) is 0.471. The molecule has 24 heavy (non-hydrogen) atoms. The molecule has 7 heteroatoms. The van der Waals surface area contributed by atoms with Crippen LogP contribution in [0.2, 0.25) is 0 Å². The largest absolute Gasteiger partial charge is 0.388 e. The van der Waals surface area contributed by atoms with E-state index in [9.17, 15) is 9.90 Å². The van der Waals surface area contributed by atoms with Crippen molar-refractivity contribution in [2.24, 2.45) is 0 Å². The maximum atomic E-state index is 12.7. The number of aryl methyl sites for hydroxylation is 1. The van der Waals surface area contributed by atoms with Crippen LogP contribution in [-0.4, -0.2) is 63.1 Å². The Kier molecular flexibility index (Phi) is 4.64. The molecule has 0 aliphatic heterocycles. The smallest absolute Gasteiger partial charge is 0.293 e. The van der Waals surface area contributed by atoms with Gasteiger partial charge in [0.05, 0.1) is 17.8 Å². The molecule has 0 saturated heterocycles. The van der Waals surface area contributed by atoms with Crippen LogP contribution in [-0.2, 0) is 4.74 Å². The van der Waals surface area contributed by atoms with Gasteiger partial charge in [0.25, 0.3) is 5.91 Å². The van der Waals surface area contributed by atoms with E-state index in [-0.39, 0.29) is 23.9 Å². The number of aliphatic hydroxyl groups excluding tert-OH is 1. The molecule has 3 rings (SSSR count). The molecule has 0 spiro atoms. The highest BCUT2D eigenvalue weighted by Gasteiger charge is 2.39. The van der Waals surface area contributed by atoms with Gasteiger partial charge in [-0.05, 0) is 31.9 Å². The van der Waals surface area contributed by atoms with Gasteiger partial charge in [-0.15, -0.1) is 5.10 Å². The number of para-hydroxylation sites is 1. The van der Waals surface area contributed by atoms with Crippen LogP contribution in [0.4, 0.5) is 0 Å². The SMILES string of the molecule is CO[C@@H]1CC[C@@H](N(C)C(=O)c2nc(C)n(-c3ccccc3)n2)[C@H]1O. The third kappa shape index (κ3) is 2.92. The number of likely N-dealkylation sites (N-methyl/N-ethyl adjacent to an activating group) is 1. The Hall–Kier alpha value is -2.25. The van der Waals surface area contributed by atoms with Crippen molar-refractivity contribution in [3.63, 3.8) is 0 Å². The molecule has 3 atom stereocenters. The lowest BCUT2D eigenvalue weighted by molar-refractivity contribution is -0.0157. The van der Waals surface area contributed by atoms with E-state index in [4.69, 9.17) is 4.74 Å². The predicted octanol–water partition coefficient (Wildman–Crippen LogP) is 1.19. The molecular weight excluding hydrogens is 308 g/mol. The second-order valence-corrected chi connectivity index (χ2v) is 6.06. The maximum absolute atomic E-state index is 12.7. The molecular formula is C17H22N4O3. The summed E-state index contributed by atoms with van der Waals surface area (Å²) < 4.78 is 6.89. The Morgan fingerprint density at radius 3 is 2.67 bits per heavy atom. The fourth-order valence-electron chi connectivity index (χ4n) is 3.21. The van der Waals surface area contributed by atoms with Crippen LogP contribution < -0.4 is 0 Å². The first kappa shape index (κ1) is 16.6. The van der Waals surface area contributed by atoms with Gasteiger partial charge in [-0.25, -0.2) is 9.67 Å². The van der Waals surface area contributed by atoms with E-state index in [2.05, 4.69) is 10.1 Å². The number of hydrogen-bond donors (Lipinski definition) is 1. The highest BCUT2D eigenvalue weighted by molar-refractivity contribution is 5.90. The number of rotatable bonds is 4. The average molecular weight is 330 g/mol. The summed E-state index contributed by atoms with van der Waals surface area (Å²) in [6.45, 7) is 1.81. The van der Waals surface area contributed by atoms with Crippen molar-refractivity contribution >= 4 is 5.91 Å². The quantitative estimate of drug-likeness (QED) is 0.911. The second-order valence-electron chi connectivity index (χ2n) is 6.06. The topological polar surface area (TPSA) is 80.5 Å². The van der Waals surface area contributed by atoms with Gasteiger partial charge >= 0.3 is 0 Å². The van der Waals surface area contributed by atoms with Crippen LogP contribution in [0.25, 0.3) is 5.69 Å². The van der Waals surface area contributed by atoms with Crippen molar-refractivity contribution in [3.8, 4) is 5.69 Å². The molecule has 1 heterocycles. The first-order valence-electron chi connectivity index (χ1n) is 8.00. The summed E-state index contributed by atoms with van der Waals surface area (Å²) in [4.78, 5) is 18.5. The van der Waals surface area contributed by atoms with Crippen molar-refractivity contribution in [2.75, 3.05) is 14.2 Å². The van der Waals surface area contributed by atoms with Gasteiger partial charge in [-0.2, -0.15) is 0 Å². The number of carbonyl (C=O) groups is 1. The molecule has 0 bridgehead atoms. The van der Waals surface area contributed by atoms with Crippen molar-refractivity contribution < 1.29 is 14.6 Å². The minimum absolute atomic E-state index is 0.131. The monoisotopic (exact) mass is 330 g/mol. The summed E-state index contributed by atoms with van der Waals surface area (Å²) in [5.74, 6) is 0.472. The van der Waals surface area contributed by atoms with Crippen molar-refractivity contribution in [1.82, 2.24) is 19.7 Å². The number of amides is 1. The Balaban J connectivity index is 1.81. The zero-order valence-electron chi connectivity index (χ0n) is 14.1. The molecule has 1 aromatic carbocycles. The minimum atomic E-state index is -0.693.